The highest BCUT2D eigenvalue weighted by Gasteiger charge is 2.16. The molecule has 2 rings (SSSR count). The van der Waals surface area contributed by atoms with Crippen molar-refractivity contribution in [1.29, 1.82) is 0 Å². The number of hydrogen-bond acceptors (Lipinski definition) is 3. The lowest BCUT2D eigenvalue weighted by atomic mass is 10.1. The first-order valence-electron chi connectivity index (χ1n) is 6.59. The first-order chi connectivity index (χ1) is 9.13. The Morgan fingerprint density at radius 3 is 2.74 bits per heavy atom. The van der Waals surface area contributed by atoms with E-state index in [0.717, 1.165) is 25.2 Å². The number of halogens is 2. The van der Waals surface area contributed by atoms with Crippen molar-refractivity contribution in [3.8, 4) is 5.75 Å². The zero-order valence-corrected chi connectivity index (χ0v) is 11.1. The SMILES string of the molecule is CN1CCCC(NCc2ccc(OC(F)F)cc2)C1. The molecule has 1 fully saturated rings. The molecule has 0 spiro atoms. The van der Waals surface area contributed by atoms with Crippen LogP contribution in [0.1, 0.15) is 18.4 Å². The number of likely N-dealkylation sites (N-methyl/N-ethyl adjacent to an activating group) is 1. The van der Waals surface area contributed by atoms with Crippen LogP contribution in [0.5, 0.6) is 5.75 Å². The highest BCUT2D eigenvalue weighted by Crippen LogP contribution is 2.15. The Balaban J connectivity index is 1.79. The molecule has 1 unspecified atom stereocenters. The van der Waals surface area contributed by atoms with Crippen LogP contribution in [0.3, 0.4) is 0 Å². The van der Waals surface area contributed by atoms with Gasteiger partial charge in [-0.15, -0.1) is 0 Å². The van der Waals surface area contributed by atoms with Crippen molar-refractivity contribution in [2.75, 3.05) is 20.1 Å². The average Bonchev–Trinajstić information content (AvgIpc) is 2.37. The van der Waals surface area contributed by atoms with Crippen molar-refractivity contribution in [3.63, 3.8) is 0 Å². The summed E-state index contributed by atoms with van der Waals surface area (Å²) in [4.78, 5) is 2.32. The number of nitrogens with zero attached hydrogens (tertiary/aromatic N) is 1. The van der Waals surface area contributed by atoms with E-state index in [1.165, 1.54) is 12.8 Å². The second-order valence-electron chi connectivity index (χ2n) is 5.00. The molecular weight excluding hydrogens is 250 g/mol. The van der Waals surface area contributed by atoms with E-state index in [-0.39, 0.29) is 5.75 Å². The molecule has 0 aliphatic carbocycles. The maximum Gasteiger partial charge on any atom is 0.387 e. The van der Waals surface area contributed by atoms with E-state index in [2.05, 4.69) is 22.0 Å². The number of likely N-dealkylation sites (tertiary alicyclic amines) is 1. The molecule has 3 nitrogen and oxygen atoms in total. The first kappa shape index (κ1) is 14.2. The van der Waals surface area contributed by atoms with E-state index >= 15 is 0 Å². The summed E-state index contributed by atoms with van der Waals surface area (Å²) in [6.07, 6.45) is 2.41. The van der Waals surface area contributed by atoms with E-state index in [4.69, 9.17) is 0 Å². The van der Waals surface area contributed by atoms with E-state index in [9.17, 15) is 8.78 Å². The number of nitrogens with one attached hydrogen (secondary N) is 1. The molecule has 1 aromatic rings. The Bertz CT molecular complexity index is 384. The Morgan fingerprint density at radius 2 is 2.11 bits per heavy atom. The van der Waals surface area contributed by atoms with Crippen LogP contribution in [0.2, 0.25) is 0 Å². The molecule has 1 aliphatic rings. The second kappa shape index (κ2) is 6.82. The van der Waals surface area contributed by atoms with Gasteiger partial charge in [-0.25, -0.2) is 0 Å². The molecule has 19 heavy (non-hydrogen) atoms. The van der Waals surface area contributed by atoms with Crippen molar-refractivity contribution in [2.45, 2.75) is 32.0 Å². The van der Waals surface area contributed by atoms with Crippen molar-refractivity contribution in [2.24, 2.45) is 0 Å². The van der Waals surface area contributed by atoms with Crippen molar-refractivity contribution < 1.29 is 13.5 Å². The molecule has 1 heterocycles. The lowest BCUT2D eigenvalue weighted by molar-refractivity contribution is -0.0498. The van der Waals surface area contributed by atoms with E-state index in [1.807, 2.05) is 12.1 Å². The largest absolute Gasteiger partial charge is 0.435 e. The van der Waals surface area contributed by atoms with Crippen molar-refractivity contribution in [3.05, 3.63) is 29.8 Å². The van der Waals surface area contributed by atoms with Gasteiger partial charge in [-0.2, -0.15) is 8.78 Å². The number of alkyl halides is 2. The zero-order chi connectivity index (χ0) is 13.7. The predicted octanol–water partition coefficient (Wildman–Crippen LogP) is 2.47. The van der Waals surface area contributed by atoms with Gasteiger partial charge in [0.1, 0.15) is 5.75 Å². The fourth-order valence-corrected chi connectivity index (χ4v) is 2.38. The Hall–Kier alpha value is -1.20. The van der Waals surface area contributed by atoms with Gasteiger partial charge in [0.15, 0.2) is 0 Å². The topological polar surface area (TPSA) is 24.5 Å². The minimum absolute atomic E-state index is 0.205. The molecule has 1 aromatic carbocycles. The highest BCUT2D eigenvalue weighted by molar-refractivity contribution is 5.27. The predicted molar refractivity (Wildman–Crippen MR) is 70.4 cm³/mol. The van der Waals surface area contributed by atoms with Gasteiger partial charge >= 0.3 is 6.61 Å². The third-order valence-electron chi connectivity index (χ3n) is 3.37. The van der Waals surface area contributed by atoms with Gasteiger partial charge in [0.2, 0.25) is 0 Å². The summed E-state index contributed by atoms with van der Waals surface area (Å²) in [7, 11) is 2.13. The lowest BCUT2D eigenvalue weighted by Crippen LogP contribution is -2.43. The van der Waals surface area contributed by atoms with E-state index in [1.54, 1.807) is 12.1 Å². The smallest absolute Gasteiger partial charge is 0.387 e. The summed E-state index contributed by atoms with van der Waals surface area (Å²) in [5.74, 6) is 0.205. The van der Waals surface area contributed by atoms with Crippen LogP contribution in [-0.4, -0.2) is 37.7 Å². The molecule has 106 valence electrons. The third kappa shape index (κ3) is 4.76. The molecule has 1 aliphatic heterocycles. The maximum atomic E-state index is 12.0. The highest BCUT2D eigenvalue weighted by atomic mass is 19.3. The number of hydrogen-bond donors (Lipinski definition) is 1. The van der Waals surface area contributed by atoms with Crippen LogP contribution >= 0.6 is 0 Å². The monoisotopic (exact) mass is 270 g/mol. The van der Waals surface area contributed by atoms with Crippen LogP contribution in [-0.2, 0) is 6.54 Å². The number of ether oxygens (including phenoxy) is 1. The van der Waals surface area contributed by atoms with Crippen molar-refractivity contribution in [1.82, 2.24) is 10.2 Å². The van der Waals surface area contributed by atoms with Crippen LogP contribution in [0.25, 0.3) is 0 Å². The van der Waals surface area contributed by atoms with Gasteiger partial charge in [0.05, 0.1) is 0 Å². The standard InChI is InChI=1S/C14H20F2N2O/c1-18-8-2-3-12(10-18)17-9-11-4-6-13(7-5-11)19-14(15)16/h4-7,12,14,17H,2-3,8-10H2,1H3. The van der Waals surface area contributed by atoms with Crippen LogP contribution < -0.4 is 10.1 Å². The lowest BCUT2D eigenvalue weighted by Gasteiger charge is -2.30. The minimum Gasteiger partial charge on any atom is -0.435 e. The van der Waals surface area contributed by atoms with Crippen LogP contribution in [0.4, 0.5) is 8.78 Å². The molecule has 0 amide bonds. The number of piperidine rings is 1. The van der Waals surface area contributed by atoms with E-state index in [0.29, 0.717) is 6.04 Å². The Labute approximate surface area is 112 Å². The summed E-state index contributed by atoms with van der Waals surface area (Å²) in [5.41, 5.74) is 1.08. The van der Waals surface area contributed by atoms with Gasteiger partial charge in [-0.05, 0) is 44.1 Å². The first-order valence-corrected chi connectivity index (χ1v) is 6.59. The quantitative estimate of drug-likeness (QED) is 0.889. The Kier molecular flexibility index (Phi) is 5.10. The second-order valence-corrected chi connectivity index (χ2v) is 5.00. The van der Waals surface area contributed by atoms with Crippen LogP contribution in [0.15, 0.2) is 24.3 Å². The summed E-state index contributed by atoms with van der Waals surface area (Å²) < 4.78 is 28.3. The number of benzene rings is 1. The van der Waals surface area contributed by atoms with Crippen molar-refractivity contribution >= 4 is 0 Å². The summed E-state index contributed by atoms with van der Waals surface area (Å²) in [6.45, 7) is 0.222. The minimum atomic E-state index is -2.76. The normalized spacial score (nSPS) is 20.7. The van der Waals surface area contributed by atoms with Gasteiger partial charge in [-0.3, -0.25) is 0 Å². The fourth-order valence-electron chi connectivity index (χ4n) is 2.38. The molecule has 1 atom stereocenters. The molecule has 1 N–H and O–H groups in total. The maximum absolute atomic E-state index is 12.0. The van der Waals surface area contributed by atoms with Gasteiger partial charge in [0.25, 0.3) is 0 Å². The molecule has 0 saturated carbocycles. The molecule has 0 bridgehead atoms. The number of rotatable bonds is 5. The summed E-state index contributed by atoms with van der Waals surface area (Å²) >= 11 is 0. The van der Waals surface area contributed by atoms with Gasteiger partial charge < -0.3 is 15.0 Å². The van der Waals surface area contributed by atoms with Gasteiger partial charge in [-0.1, -0.05) is 12.1 Å². The fraction of sp³-hybridized carbons (Fsp3) is 0.571. The van der Waals surface area contributed by atoms with Gasteiger partial charge in [0, 0.05) is 19.1 Å². The van der Waals surface area contributed by atoms with E-state index < -0.39 is 6.61 Å². The molecule has 1 saturated heterocycles. The zero-order valence-electron chi connectivity index (χ0n) is 11.1. The molecule has 5 heteroatoms. The third-order valence-corrected chi connectivity index (χ3v) is 3.37. The van der Waals surface area contributed by atoms with Crippen LogP contribution in [0, 0.1) is 0 Å². The average molecular weight is 270 g/mol. The Morgan fingerprint density at radius 1 is 1.37 bits per heavy atom. The summed E-state index contributed by atoms with van der Waals surface area (Å²) in [6, 6.07) is 7.30. The molecule has 0 aromatic heterocycles. The molecular formula is C14H20F2N2O. The molecule has 0 radical (unpaired) electrons. The summed E-state index contributed by atoms with van der Waals surface area (Å²) in [5, 5.41) is 3.50.